The Bertz CT molecular complexity index is 573. The maximum atomic E-state index is 12.2. The highest BCUT2D eigenvalue weighted by atomic mass is 32.2. The first-order valence-corrected chi connectivity index (χ1v) is 9.06. The largest absolute Gasteiger partial charge is 0.326 e. The van der Waals surface area contributed by atoms with E-state index >= 15 is 0 Å². The molecule has 0 saturated heterocycles. The van der Waals surface area contributed by atoms with Crippen LogP contribution in [0, 0.1) is 5.92 Å². The number of sulfonamides is 1. The third kappa shape index (κ3) is 5.47. The molecule has 1 aliphatic rings. The minimum absolute atomic E-state index is 0.0658. The van der Waals surface area contributed by atoms with Gasteiger partial charge in [-0.25, -0.2) is 13.6 Å². The maximum absolute atomic E-state index is 12.2. The molecule has 0 unspecified atom stereocenters. The third-order valence-corrected chi connectivity index (χ3v) is 4.55. The standard InChI is InChI=1S/C15H22N2O3S/c16-21(19,20)11-12-7-9-14(10-8-12)17-15(18)13-5-3-1-2-4-6-13/h7-10,13H,1-6,11H2,(H,17,18)(H2,16,19,20). The van der Waals surface area contributed by atoms with Gasteiger partial charge in [-0.2, -0.15) is 0 Å². The van der Waals surface area contributed by atoms with Gasteiger partial charge in [-0.3, -0.25) is 4.79 Å². The van der Waals surface area contributed by atoms with Crippen molar-refractivity contribution in [3.05, 3.63) is 29.8 Å². The molecule has 3 N–H and O–H groups in total. The van der Waals surface area contributed by atoms with E-state index in [-0.39, 0.29) is 17.6 Å². The number of nitrogens with two attached hydrogens (primary N) is 1. The number of primary sulfonamides is 1. The van der Waals surface area contributed by atoms with Crippen LogP contribution < -0.4 is 10.5 Å². The SMILES string of the molecule is NS(=O)(=O)Cc1ccc(NC(=O)C2CCCCCC2)cc1. The molecule has 0 radical (unpaired) electrons. The normalized spacial score (nSPS) is 17.2. The van der Waals surface area contributed by atoms with Crippen molar-refractivity contribution in [1.29, 1.82) is 0 Å². The highest BCUT2D eigenvalue weighted by molar-refractivity contribution is 7.88. The summed E-state index contributed by atoms with van der Waals surface area (Å²) >= 11 is 0. The second-order valence-corrected chi connectivity index (χ2v) is 7.30. The number of anilines is 1. The number of rotatable bonds is 4. The van der Waals surface area contributed by atoms with E-state index in [0.717, 1.165) is 25.7 Å². The third-order valence-electron chi connectivity index (χ3n) is 3.82. The first-order chi connectivity index (χ1) is 9.94. The molecule has 1 saturated carbocycles. The molecule has 5 nitrogen and oxygen atoms in total. The number of hydrogen-bond donors (Lipinski definition) is 2. The van der Waals surface area contributed by atoms with Crippen LogP contribution in [0.2, 0.25) is 0 Å². The van der Waals surface area contributed by atoms with E-state index in [2.05, 4.69) is 5.32 Å². The van der Waals surface area contributed by atoms with Gasteiger partial charge in [0.05, 0.1) is 5.75 Å². The summed E-state index contributed by atoms with van der Waals surface area (Å²) in [6, 6.07) is 6.78. The molecule has 1 fully saturated rings. The smallest absolute Gasteiger partial charge is 0.227 e. The van der Waals surface area contributed by atoms with E-state index in [1.165, 1.54) is 12.8 Å². The van der Waals surface area contributed by atoms with Gasteiger partial charge in [0.15, 0.2) is 0 Å². The summed E-state index contributed by atoms with van der Waals surface area (Å²) in [6.07, 6.45) is 6.57. The Balaban J connectivity index is 1.94. The average Bonchev–Trinajstić information content (AvgIpc) is 2.68. The molecule has 0 bridgehead atoms. The number of carbonyl (C=O) groups is 1. The van der Waals surface area contributed by atoms with Gasteiger partial charge in [0.2, 0.25) is 15.9 Å². The van der Waals surface area contributed by atoms with Gasteiger partial charge in [-0.15, -0.1) is 0 Å². The van der Waals surface area contributed by atoms with Crippen LogP contribution in [0.5, 0.6) is 0 Å². The first-order valence-electron chi connectivity index (χ1n) is 7.34. The van der Waals surface area contributed by atoms with Crippen molar-refractivity contribution >= 4 is 21.6 Å². The van der Waals surface area contributed by atoms with Gasteiger partial charge >= 0.3 is 0 Å². The summed E-state index contributed by atoms with van der Waals surface area (Å²) in [5.74, 6) is -0.0307. The fourth-order valence-electron chi connectivity index (χ4n) is 2.70. The van der Waals surface area contributed by atoms with Gasteiger partial charge in [0, 0.05) is 11.6 Å². The molecule has 1 amide bonds. The van der Waals surface area contributed by atoms with Gasteiger partial charge in [-0.1, -0.05) is 37.8 Å². The highest BCUT2D eigenvalue weighted by Gasteiger charge is 2.19. The second kappa shape index (κ2) is 7.04. The molecule has 21 heavy (non-hydrogen) atoms. The number of nitrogens with one attached hydrogen (secondary N) is 1. The van der Waals surface area contributed by atoms with Gasteiger partial charge < -0.3 is 5.32 Å². The van der Waals surface area contributed by atoms with Crippen LogP contribution in [0.3, 0.4) is 0 Å². The van der Waals surface area contributed by atoms with Crippen molar-refractivity contribution in [3.63, 3.8) is 0 Å². The van der Waals surface area contributed by atoms with Crippen molar-refractivity contribution in [2.45, 2.75) is 44.3 Å². The Morgan fingerprint density at radius 2 is 1.67 bits per heavy atom. The Morgan fingerprint density at radius 3 is 2.19 bits per heavy atom. The molecule has 0 heterocycles. The minimum atomic E-state index is -3.52. The Labute approximate surface area is 126 Å². The number of benzene rings is 1. The van der Waals surface area contributed by atoms with Crippen molar-refractivity contribution in [2.75, 3.05) is 5.32 Å². The lowest BCUT2D eigenvalue weighted by atomic mass is 9.99. The molecule has 0 atom stereocenters. The van der Waals surface area contributed by atoms with Crippen LogP contribution in [0.1, 0.15) is 44.1 Å². The molecule has 6 heteroatoms. The Morgan fingerprint density at radius 1 is 1.10 bits per heavy atom. The molecule has 2 rings (SSSR count). The van der Waals surface area contributed by atoms with Crippen LogP contribution in [0.4, 0.5) is 5.69 Å². The van der Waals surface area contributed by atoms with Crippen molar-refractivity contribution < 1.29 is 13.2 Å². The van der Waals surface area contributed by atoms with Crippen LogP contribution in [-0.4, -0.2) is 14.3 Å². The van der Waals surface area contributed by atoms with Crippen LogP contribution in [0.25, 0.3) is 0 Å². The lowest BCUT2D eigenvalue weighted by Crippen LogP contribution is -2.22. The summed E-state index contributed by atoms with van der Waals surface area (Å²) in [5, 5.41) is 7.91. The van der Waals surface area contributed by atoms with E-state index in [9.17, 15) is 13.2 Å². The summed E-state index contributed by atoms with van der Waals surface area (Å²) in [4.78, 5) is 12.2. The Hall–Kier alpha value is -1.40. The zero-order chi connectivity index (χ0) is 15.3. The van der Waals surface area contributed by atoms with Crippen molar-refractivity contribution in [1.82, 2.24) is 0 Å². The number of hydrogen-bond acceptors (Lipinski definition) is 3. The molecule has 0 aromatic heterocycles. The van der Waals surface area contributed by atoms with Gasteiger partial charge in [0.1, 0.15) is 0 Å². The number of amides is 1. The van der Waals surface area contributed by atoms with Crippen molar-refractivity contribution in [3.8, 4) is 0 Å². The van der Waals surface area contributed by atoms with Crippen LogP contribution >= 0.6 is 0 Å². The molecule has 1 aromatic rings. The molecular formula is C15H22N2O3S. The second-order valence-electron chi connectivity index (χ2n) is 5.68. The maximum Gasteiger partial charge on any atom is 0.227 e. The summed E-state index contributed by atoms with van der Waals surface area (Å²) in [7, 11) is -3.52. The molecule has 116 valence electrons. The predicted molar refractivity (Wildman–Crippen MR) is 83.1 cm³/mol. The molecule has 1 aliphatic carbocycles. The average molecular weight is 310 g/mol. The summed E-state index contributed by atoms with van der Waals surface area (Å²) < 4.78 is 22.0. The molecule has 0 aliphatic heterocycles. The fourth-order valence-corrected chi connectivity index (χ4v) is 3.36. The first kappa shape index (κ1) is 16.0. The molecule has 0 spiro atoms. The van der Waals surface area contributed by atoms with Gasteiger partial charge in [0.25, 0.3) is 0 Å². The quantitative estimate of drug-likeness (QED) is 0.837. The van der Waals surface area contributed by atoms with Crippen LogP contribution in [-0.2, 0) is 20.6 Å². The van der Waals surface area contributed by atoms with E-state index < -0.39 is 10.0 Å². The zero-order valence-electron chi connectivity index (χ0n) is 12.0. The molecule has 1 aromatic carbocycles. The zero-order valence-corrected chi connectivity index (χ0v) is 12.9. The fraction of sp³-hybridized carbons (Fsp3) is 0.533. The van der Waals surface area contributed by atoms with E-state index in [0.29, 0.717) is 11.3 Å². The summed E-state index contributed by atoms with van der Waals surface area (Å²) in [5.41, 5.74) is 1.31. The molecular weight excluding hydrogens is 288 g/mol. The highest BCUT2D eigenvalue weighted by Crippen LogP contribution is 2.24. The van der Waals surface area contributed by atoms with Crippen molar-refractivity contribution in [2.24, 2.45) is 11.1 Å². The van der Waals surface area contributed by atoms with E-state index in [4.69, 9.17) is 5.14 Å². The summed E-state index contributed by atoms with van der Waals surface area (Å²) in [6.45, 7) is 0. The topological polar surface area (TPSA) is 89.3 Å². The lowest BCUT2D eigenvalue weighted by molar-refractivity contribution is -0.120. The lowest BCUT2D eigenvalue weighted by Gasteiger charge is -2.14. The van der Waals surface area contributed by atoms with E-state index in [1.54, 1.807) is 24.3 Å². The predicted octanol–water partition coefficient (Wildman–Crippen LogP) is 2.38. The van der Waals surface area contributed by atoms with E-state index in [1.807, 2.05) is 0 Å². The monoisotopic (exact) mass is 310 g/mol. The minimum Gasteiger partial charge on any atom is -0.326 e. The van der Waals surface area contributed by atoms with Crippen LogP contribution in [0.15, 0.2) is 24.3 Å². The Kier molecular flexibility index (Phi) is 5.36. The van der Waals surface area contributed by atoms with Gasteiger partial charge in [-0.05, 0) is 30.5 Å². The number of carbonyl (C=O) groups excluding carboxylic acids is 1.